The molecular weight excluding hydrogens is 288 g/mol. The van der Waals surface area contributed by atoms with Crippen molar-refractivity contribution in [3.8, 4) is 5.69 Å². The molecule has 3 rings (SSSR count). The number of piperazine rings is 1. The van der Waals surface area contributed by atoms with Crippen molar-refractivity contribution in [3.63, 3.8) is 0 Å². The second-order valence-corrected chi connectivity index (χ2v) is 6.39. The second-order valence-electron chi connectivity index (χ2n) is 6.39. The molecule has 122 valence electrons. The van der Waals surface area contributed by atoms with Gasteiger partial charge in [-0.25, -0.2) is 4.68 Å². The Morgan fingerprint density at radius 2 is 1.83 bits per heavy atom. The lowest BCUT2D eigenvalue weighted by Gasteiger charge is -2.27. The van der Waals surface area contributed by atoms with Crippen molar-refractivity contribution >= 4 is 5.91 Å². The maximum absolute atomic E-state index is 12.9. The molecule has 0 radical (unpaired) electrons. The molecule has 23 heavy (non-hydrogen) atoms. The summed E-state index contributed by atoms with van der Waals surface area (Å²) in [4.78, 5) is 14.8. The Labute approximate surface area is 137 Å². The molecule has 0 aliphatic carbocycles. The zero-order valence-electron chi connectivity index (χ0n) is 14.0. The summed E-state index contributed by atoms with van der Waals surface area (Å²) in [5, 5.41) is 7.79. The molecule has 5 heteroatoms. The van der Waals surface area contributed by atoms with E-state index in [2.05, 4.69) is 43.3 Å². The van der Waals surface area contributed by atoms with Crippen molar-refractivity contribution in [1.29, 1.82) is 0 Å². The molecule has 0 bridgehead atoms. The van der Waals surface area contributed by atoms with E-state index in [4.69, 9.17) is 0 Å². The first-order chi connectivity index (χ1) is 11.1. The average molecular weight is 312 g/mol. The number of nitrogens with one attached hydrogen (secondary N) is 1. The highest BCUT2D eigenvalue weighted by molar-refractivity contribution is 5.95. The summed E-state index contributed by atoms with van der Waals surface area (Å²) in [7, 11) is 0. The van der Waals surface area contributed by atoms with Gasteiger partial charge in [-0.15, -0.1) is 0 Å². The van der Waals surface area contributed by atoms with E-state index in [9.17, 15) is 4.79 Å². The van der Waals surface area contributed by atoms with Gasteiger partial charge in [0.25, 0.3) is 5.91 Å². The van der Waals surface area contributed by atoms with Crippen LogP contribution in [0, 0.1) is 6.92 Å². The Kier molecular flexibility index (Phi) is 4.48. The van der Waals surface area contributed by atoms with Gasteiger partial charge in [0.2, 0.25) is 0 Å². The molecule has 0 saturated carbocycles. The zero-order valence-corrected chi connectivity index (χ0v) is 14.0. The van der Waals surface area contributed by atoms with Crippen LogP contribution in [0.25, 0.3) is 5.69 Å². The van der Waals surface area contributed by atoms with E-state index < -0.39 is 0 Å². The summed E-state index contributed by atoms with van der Waals surface area (Å²) < 4.78 is 1.90. The van der Waals surface area contributed by atoms with Crippen LogP contribution in [0.4, 0.5) is 0 Å². The van der Waals surface area contributed by atoms with Crippen molar-refractivity contribution in [2.24, 2.45) is 0 Å². The van der Waals surface area contributed by atoms with E-state index in [0.29, 0.717) is 0 Å². The molecule has 2 aromatic rings. The van der Waals surface area contributed by atoms with Gasteiger partial charge in [0.15, 0.2) is 0 Å². The number of amides is 1. The van der Waals surface area contributed by atoms with Crippen LogP contribution < -0.4 is 5.32 Å². The molecule has 0 unspecified atom stereocenters. The number of aryl methyl sites for hydroxylation is 1. The number of hydrogen-bond donors (Lipinski definition) is 1. The zero-order chi connectivity index (χ0) is 16.4. The van der Waals surface area contributed by atoms with Crippen molar-refractivity contribution in [3.05, 3.63) is 47.3 Å². The molecule has 1 saturated heterocycles. The number of benzene rings is 1. The first-order valence-electron chi connectivity index (χ1n) is 8.23. The van der Waals surface area contributed by atoms with E-state index in [0.717, 1.165) is 43.1 Å². The van der Waals surface area contributed by atoms with Gasteiger partial charge in [-0.1, -0.05) is 31.5 Å². The molecule has 2 heterocycles. The smallest absolute Gasteiger partial charge is 0.257 e. The van der Waals surface area contributed by atoms with Crippen LogP contribution in [-0.2, 0) is 0 Å². The highest BCUT2D eigenvalue weighted by Crippen LogP contribution is 2.24. The van der Waals surface area contributed by atoms with Crippen LogP contribution in [0.5, 0.6) is 0 Å². The number of carbonyl (C=O) groups excluding carboxylic acids is 1. The standard InChI is InChI=1S/C18H24N4O/c1-13(2)17-16(18(23)21-10-8-19-9-11-21)12-20-22(17)15-6-4-14(3)5-7-15/h4-7,12-13,19H,8-11H2,1-3H3. The van der Waals surface area contributed by atoms with Crippen LogP contribution >= 0.6 is 0 Å². The molecule has 0 spiro atoms. The Balaban J connectivity index is 1.98. The van der Waals surface area contributed by atoms with Crippen molar-refractivity contribution in [2.75, 3.05) is 26.2 Å². The van der Waals surface area contributed by atoms with Gasteiger partial charge in [-0.3, -0.25) is 4.79 Å². The van der Waals surface area contributed by atoms with Crippen LogP contribution in [0.3, 0.4) is 0 Å². The predicted octanol–water partition coefficient (Wildman–Crippen LogP) is 2.35. The minimum Gasteiger partial charge on any atom is -0.336 e. The maximum Gasteiger partial charge on any atom is 0.257 e. The predicted molar refractivity (Wildman–Crippen MR) is 91.2 cm³/mol. The van der Waals surface area contributed by atoms with Crippen molar-refractivity contribution in [1.82, 2.24) is 20.0 Å². The van der Waals surface area contributed by atoms with Gasteiger partial charge in [0.1, 0.15) is 0 Å². The second kappa shape index (κ2) is 6.54. The third-order valence-electron chi connectivity index (χ3n) is 4.27. The highest BCUT2D eigenvalue weighted by atomic mass is 16.2. The number of rotatable bonds is 3. The van der Waals surface area contributed by atoms with Gasteiger partial charge < -0.3 is 10.2 Å². The highest BCUT2D eigenvalue weighted by Gasteiger charge is 2.25. The minimum absolute atomic E-state index is 0.0913. The summed E-state index contributed by atoms with van der Waals surface area (Å²) in [6.07, 6.45) is 1.72. The van der Waals surface area contributed by atoms with Gasteiger partial charge in [-0.05, 0) is 25.0 Å². The molecule has 1 aliphatic rings. The summed E-state index contributed by atoms with van der Waals surface area (Å²) in [5.74, 6) is 0.314. The molecular formula is C18H24N4O. The summed E-state index contributed by atoms with van der Waals surface area (Å²) in [5.41, 5.74) is 3.92. The van der Waals surface area contributed by atoms with Crippen molar-refractivity contribution in [2.45, 2.75) is 26.7 Å². The number of carbonyl (C=O) groups is 1. The Morgan fingerprint density at radius 3 is 2.43 bits per heavy atom. The van der Waals surface area contributed by atoms with E-state index in [-0.39, 0.29) is 11.8 Å². The normalized spacial score (nSPS) is 15.2. The van der Waals surface area contributed by atoms with E-state index >= 15 is 0 Å². The van der Waals surface area contributed by atoms with E-state index in [1.54, 1.807) is 6.20 Å². The SMILES string of the molecule is Cc1ccc(-n2ncc(C(=O)N3CCNCC3)c2C(C)C)cc1. The first kappa shape index (κ1) is 15.7. The fourth-order valence-corrected chi connectivity index (χ4v) is 3.01. The van der Waals surface area contributed by atoms with E-state index in [1.165, 1.54) is 5.56 Å². The Bertz CT molecular complexity index is 682. The summed E-state index contributed by atoms with van der Waals surface area (Å²) in [6.45, 7) is 9.50. The third-order valence-corrected chi connectivity index (χ3v) is 4.27. The lowest BCUT2D eigenvalue weighted by Crippen LogP contribution is -2.46. The lowest BCUT2D eigenvalue weighted by atomic mass is 10.0. The molecule has 1 aliphatic heterocycles. The van der Waals surface area contributed by atoms with Gasteiger partial charge in [0.05, 0.1) is 23.1 Å². The first-order valence-corrected chi connectivity index (χ1v) is 8.23. The lowest BCUT2D eigenvalue weighted by molar-refractivity contribution is 0.0734. The summed E-state index contributed by atoms with van der Waals surface area (Å²) >= 11 is 0. The quantitative estimate of drug-likeness (QED) is 0.946. The third kappa shape index (κ3) is 3.15. The molecule has 5 nitrogen and oxygen atoms in total. The maximum atomic E-state index is 12.9. The van der Waals surface area contributed by atoms with Gasteiger partial charge in [-0.2, -0.15) is 5.10 Å². The number of aromatic nitrogens is 2. The molecule has 1 aromatic carbocycles. The minimum atomic E-state index is 0.0913. The van der Waals surface area contributed by atoms with Crippen LogP contribution in [0.1, 0.15) is 41.4 Å². The molecule has 1 amide bonds. The number of nitrogens with zero attached hydrogens (tertiary/aromatic N) is 3. The molecule has 0 atom stereocenters. The van der Waals surface area contributed by atoms with Crippen molar-refractivity contribution < 1.29 is 4.79 Å². The fourth-order valence-electron chi connectivity index (χ4n) is 3.01. The Morgan fingerprint density at radius 1 is 1.17 bits per heavy atom. The van der Waals surface area contributed by atoms with Crippen LogP contribution in [-0.4, -0.2) is 46.8 Å². The summed E-state index contributed by atoms with van der Waals surface area (Å²) in [6, 6.07) is 8.23. The molecule has 1 aromatic heterocycles. The topological polar surface area (TPSA) is 50.2 Å². The fraction of sp³-hybridized carbons (Fsp3) is 0.444. The van der Waals surface area contributed by atoms with E-state index in [1.807, 2.05) is 21.7 Å². The van der Waals surface area contributed by atoms with Gasteiger partial charge >= 0.3 is 0 Å². The molecule has 1 fully saturated rings. The largest absolute Gasteiger partial charge is 0.336 e. The van der Waals surface area contributed by atoms with Crippen LogP contribution in [0.15, 0.2) is 30.5 Å². The Hall–Kier alpha value is -2.14. The van der Waals surface area contributed by atoms with Gasteiger partial charge in [0, 0.05) is 26.2 Å². The molecule has 1 N–H and O–H groups in total. The monoisotopic (exact) mass is 312 g/mol. The average Bonchev–Trinajstić information content (AvgIpc) is 3.01. The number of hydrogen-bond acceptors (Lipinski definition) is 3. The van der Waals surface area contributed by atoms with Crippen LogP contribution in [0.2, 0.25) is 0 Å².